The monoisotopic (exact) mass is 300 g/mol. The summed E-state index contributed by atoms with van der Waals surface area (Å²) >= 11 is 5.08. The predicted octanol–water partition coefficient (Wildman–Crippen LogP) is 1.30. The number of rotatable bonds is 2. The molecule has 7 nitrogen and oxygen atoms in total. The van der Waals surface area contributed by atoms with Gasteiger partial charge >= 0.3 is 0 Å². The highest BCUT2D eigenvalue weighted by Crippen LogP contribution is 2.18. The van der Waals surface area contributed by atoms with E-state index in [2.05, 4.69) is 20.3 Å². The number of nitrogens with zero attached hydrogens (tertiary/aromatic N) is 5. The van der Waals surface area contributed by atoms with Crippen LogP contribution in [0.2, 0.25) is 0 Å². The number of hydrogen-bond acceptors (Lipinski definition) is 5. The molecule has 3 aromatic rings. The van der Waals surface area contributed by atoms with E-state index in [1.807, 2.05) is 18.2 Å². The molecule has 21 heavy (non-hydrogen) atoms. The van der Waals surface area contributed by atoms with Crippen LogP contribution in [0.4, 0.5) is 0 Å². The van der Waals surface area contributed by atoms with Crippen molar-refractivity contribution in [1.82, 2.24) is 29.5 Å². The van der Waals surface area contributed by atoms with Gasteiger partial charge in [0.2, 0.25) is 0 Å². The molecule has 0 bridgehead atoms. The zero-order valence-corrected chi connectivity index (χ0v) is 12.3. The highest BCUT2D eigenvalue weighted by atomic mass is 32.1. The molecule has 0 aliphatic heterocycles. The molecule has 1 N–H and O–H groups in total. The Labute approximate surface area is 124 Å². The van der Waals surface area contributed by atoms with Crippen molar-refractivity contribution in [2.45, 2.75) is 0 Å². The largest absolute Gasteiger partial charge is 0.303 e. The maximum atomic E-state index is 12.3. The average molecular weight is 300 g/mol. The van der Waals surface area contributed by atoms with Gasteiger partial charge in [-0.25, -0.2) is 4.68 Å². The zero-order chi connectivity index (χ0) is 15.0. The third-order valence-electron chi connectivity index (χ3n) is 3.11. The quantitative estimate of drug-likeness (QED) is 0.721. The fourth-order valence-electron chi connectivity index (χ4n) is 2.00. The first-order valence-electron chi connectivity index (χ1n) is 6.19. The van der Waals surface area contributed by atoms with Gasteiger partial charge in [0.05, 0.1) is 11.3 Å². The van der Waals surface area contributed by atoms with Crippen LogP contribution in [0, 0.1) is 4.77 Å². The Bertz CT molecular complexity index is 908. The summed E-state index contributed by atoms with van der Waals surface area (Å²) in [6.45, 7) is 0. The van der Waals surface area contributed by atoms with Crippen LogP contribution < -0.4 is 5.56 Å². The fraction of sp³-hybridized carbons (Fsp3) is 0.154. The van der Waals surface area contributed by atoms with Crippen LogP contribution >= 0.6 is 12.2 Å². The number of aromatic amines is 1. The first kappa shape index (κ1) is 13.4. The molecular weight excluding hydrogens is 288 g/mol. The normalized spacial score (nSPS) is 10.8. The van der Waals surface area contributed by atoms with Crippen LogP contribution in [0.25, 0.3) is 22.8 Å². The third-order valence-corrected chi connectivity index (χ3v) is 3.48. The number of nitrogens with one attached hydrogen (secondary N) is 1. The van der Waals surface area contributed by atoms with Crippen LogP contribution in [0.1, 0.15) is 0 Å². The number of hydrogen-bond donors (Lipinski definition) is 1. The molecular formula is C13H12N6OS. The first-order valence-corrected chi connectivity index (χ1v) is 6.60. The van der Waals surface area contributed by atoms with Crippen molar-refractivity contribution < 1.29 is 0 Å². The molecule has 3 heterocycles. The average Bonchev–Trinajstić information content (AvgIpc) is 2.83. The van der Waals surface area contributed by atoms with Crippen LogP contribution in [-0.4, -0.2) is 29.5 Å². The van der Waals surface area contributed by atoms with Gasteiger partial charge < -0.3 is 4.57 Å². The Morgan fingerprint density at radius 2 is 2.05 bits per heavy atom. The van der Waals surface area contributed by atoms with Gasteiger partial charge in [0.25, 0.3) is 5.56 Å². The van der Waals surface area contributed by atoms with Gasteiger partial charge in [0, 0.05) is 20.3 Å². The van der Waals surface area contributed by atoms with Crippen molar-refractivity contribution in [3.63, 3.8) is 0 Å². The van der Waals surface area contributed by atoms with Gasteiger partial charge in [0.15, 0.2) is 10.6 Å². The Kier molecular flexibility index (Phi) is 3.22. The summed E-state index contributed by atoms with van der Waals surface area (Å²) in [5, 5.41) is 11.0. The topological polar surface area (TPSA) is 81.4 Å². The minimum atomic E-state index is -0.244. The molecule has 0 atom stereocenters. The van der Waals surface area contributed by atoms with Crippen molar-refractivity contribution in [2.24, 2.45) is 14.1 Å². The van der Waals surface area contributed by atoms with E-state index in [0.29, 0.717) is 27.5 Å². The molecule has 0 aromatic carbocycles. The van der Waals surface area contributed by atoms with E-state index in [9.17, 15) is 4.79 Å². The maximum Gasteiger partial charge on any atom is 0.277 e. The minimum absolute atomic E-state index is 0.244. The lowest BCUT2D eigenvalue weighted by atomic mass is 10.2. The summed E-state index contributed by atoms with van der Waals surface area (Å²) in [6.07, 6.45) is 1.68. The molecule has 0 unspecified atom stereocenters. The van der Waals surface area contributed by atoms with Crippen molar-refractivity contribution in [3.05, 3.63) is 45.6 Å². The van der Waals surface area contributed by atoms with Crippen molar-refractivity contribution in [3.8, 4) is 22.8 Å². The smallest absolute Gasteiger partial charge is 0.277 e. The summed E-state index contributed by atoms with van der Waals surface area (Å²) in [4.78, 5) is 16.5. The van der Waals surface area contributed by atoms with E-state index in [-0.39, 0.29) is 5.56 Å². The zero-order valence-electron chi connectivity index (χ0n) is 11.4. The molecule has 0 fully saturated rings. The van der Waals surface area contributed by atoms with Crippen LogP contribution in [0.5, 0.6) is 0 Å². The molecule has 8 heteroatoms. The van der Waals surface area contributed by atoms with E-state index in [1.165, 1.54) is 4.68 Å². The Morgan fingerprint density at radius 1 is 1.24 bits per heavy atom. The lowest BCUT2D eigenvalue weighted by Crippen LogP contribution is -2.22. The van der Waals surface area contributed by atoms with Gasteiger partial charge in [-0.3, -0.25) is 14.9 Å². The summed E-state index contributed by atoms with van der Waals surface area (Å²) in [6, 6.07) is 7.20. The Morgan fingerprint density at radius 3 is 2.67 bits per heavy atom. The molecule has 0 amide bonds. The summed E-state index contributed by atoms with van der Waals surface area (Å²) in [5.74, 6) is 0.472. The maximum absolute atomic E-state index is 12.3. The van der Waals surface area contributed by atoms with Gasteiger partial charge in [-0.05, 0) is 30.4 Å². The molecule has 0 aliphatic rings. The fourth-order valence-corrected chi connectivity index (χ4v) is 2.13. The number of aryl methyl sites for hydroxylation is 1. The minimum Gasteiger partial charge on any atom is -0.303 e. The first-order chi connectivity index (χ1) is 10.1. The summed E-state index contributed by atoms with van der Waals surface area (Å²) in [7, 11) is 3.35. The molecule has 0 saturated heterocycles. The summed E-state index contributed by atoms with van der Waals surface area (Å²) in [5.41, 5.74) is 1.46. The number of pyridine rings is 1. The van der Waals surface area contributed by atoms with Crippen molar-refractivity contribution in [1.29, 1.82) is 0 Å². The SMILES string of the molecule is Cn1nc(-c2ccccn2)cc(-c2n[nH]c(=S)n2C)c1=O. The van der Waals surface area contributed by atoms with E-state index >= 15 is 0 Å². The standard InChI is InChI=1S/C13H12N6OS/c1-18-11(15-16-13(18)21)8-7-10(17-19(2)12(8)20)9-5-3-4-6-14-9/h3-7H,1-2H3,(H,16,21). The summed E-state index contributed by atoms with van der Waals surface area (Å²) < 4.78 is 3.37. The lowest BCUT2D eigenvalue weighted by Gasteiger charge is -2.06. The van der Waals surface area contributed by atoms with Crippen LogP contribution in [0.3, 0.4) is 0 Å². The molecule has 0 radical (unpaired) electrons. The van der Waals surface area contributed by atoms with E-state index in [4.69, 9.17) is 12.2 Å². The molecule has 3 rings (SSSR count). The van der Waals surface area contributed by atoms with E-state index in [1.54, 1.807) is 30.9 Å². The molecule has 0 spiro atoms. The number of aromatic nitrogens is 6. The van der Waals surface area contributed by atoms with E-state index in [0.717, 1.165) is 0 Å². The molecule has 0 aliphatic carbocycles. The Balaban J connectivity index is 2.27. The van der Waals surface area contributed by atoms with Gasteiger partial charge in [-0.1, -0.05) is 6.07 Å². The predicted molar refractivity (Wildman–Crippen MR) is 80.1 cm³/mol. The van der Waals surface area contributed by atoms with Crippen LogP contribution in [-0.2, 0) is 14.1 Å². The molecule has 106 valence electrons. The third kappa shape index (κ3) is 2.29. The second-order valence-electron chi connectivity index (χ2n) is 4.50. The van der Waals surface area contributed by atoms with Crippen molar-refractivity contribution in [2.75, 3.05) is 0 Å². The lowest BCUT2D eigenvalue weighted by molar-refractivity contribution is 0.710. The van der Waals surface area contributed by atoms with Crippen LogP contribution in [0.15, 0.2) is 35.3 Å². The highest BCUT2D eigenvalue weighted by Gasteiger charge is 2.14. The molecule has 3 aromatic heterocycles. The number of H-pyrrole nitrogens is 1. The second kappa shape index (κ2) is 5.06. The second-order valence-corrected chi connectivity index (χ2v) is 4.89. The van der Waals surface area contributed by atoms with Crippen molar-refractivity contribution >= 4 is 12.2 Å². The van der Waals surface area contributed by atoms with E-state index < -0.39 is 0 Å². The Hall–Kier alpha value is -2.61. The highest BCUT2D eigenvalue weighted by molar-refractivity contribution is 7.71. The molecule has 0 saturated carbocycles. The van der Waals surface area contributed by atoms with Gasteiger partial charge in [-0.15, -0.1) is 0 Å². The van der Waals surface area contributed by atoms with Gasteiger partial charge in [0.1, 0.15) is 5.69 Å². The van der Waals surface area contributed by atoms with Gasteiger partial charge in [-0.2, -0.15) is 10.2 Å².